The maximum atomic E-state index is 11.5. The summed E-state index contributed by atoms with van der Waals surface area (Å²) < 4.78 is 30.4. The highest BCUT2D eigenvalue weighted by Crippen LogP contribution is 2.43. The number of aryl methyl sites for hydroxylation is 1. The molecule has 9 aromatic rings. The summed E-state index contributed by atoms with van der Waals surface area (Å²) in [6.45, 7) is 21.3. The third-order valence-electron chi connectivity index (χ3n) is 12.5. The first-order valence-corrected chi connectivity index (χ1v) is 26.7. The number of rotatable bonds is 3. The molecule has 0 saturated carbocycles. The molecule has 2 fully saturated rings. The van der Waals surface area contributed by atoms with Gasteiger partial charge in [0.1, 0.15) is 16.9 Å². The molecule has 11 heterocycles. The van der Waals surface area contributed by atoms with Crippen molar-refractivity contribution in [3.05, 3.63) is 132 Å². The minimum Gasteiger partial charge on any atom is -0.405 e. The van der Waals surface area contributed by atoms with Crippen molar-refractivity contribution in [3.8, 4) is 20.9 Å². The van der Waals surface area contributed by atoms with Crippen LogP contribution in [0.5, 0.6) is 0 Å². The smallest absolute Gasteiger partial charge is 0.405 e. The molecule has 0 bridgehead atoms. The van der Waals surface area contributed by atoms with Gasteiger partial charge in [0.2, 0.25) is 11.8 Å². The number of aromatic nitrogens is 6. The van der Waals surface area contributed by atoms with Crippen molar-refractivity contribution in [2.45, 2.75) is 98.6 Å². The Morgan fingerprint density at radius 3 is 1.41 bits per heavy atom. The molecular formula is C50H52B2BrCl3N6O6S3. The van der Waals surface area contributed by atoms with Crippen LogP contribution in [0.25, 0.3) is 54.0 Å². The van der Waals surface area contributed by atoms with Crippen molar-refractivity contribution < 1.29 is 28.2 Å². The van der Waals surface area contributed by atoms with Crippen molar-refractivity contribution in [2.75, 3.05) is 0 Å². The monoisotopic (exact) mass is 1130 g/mol. The molecule has 0 atom stereocenters. The molecule has 9 aromatic heterocycles. The number of aromatic amines is 1. The molecule has 0 unspecified atom stereocenters. The van der Waals surface area contributed by atoms with Crippen LogP contribution in [0.3, 0.4) is 0 Å². The van der Waals surface area contributed by atoms with Crippen LogP contribution in [-0.4, -0.2) is 77.3 Å². The number of halogens is 4. The molecule has 0 radical (unpaired) electrons. The van der Waals surface area contributed by atoms with Crippen molar-refractivity contribution in [1.29, 1.82) is 0 Å². The number of carbonyl (C=O) groups excluding carboxylic acids is 2. The van der Waals surface area contributed by atoms with E-state index >= 15 is 0 Å². The lowest BCUT2D eigenvalue weighted by molar-refractivity contribution is 0.00578. The van der Waals surface area contributed by atoms with E-state index in [0.717, 1.165) is 60.3 Å². The molecule has 71 heavy (non-hydrogen) atoms. The molecule has 21 heteroatoms. The van der Waals surface area contributed by atoms with E-state index in [-0.39, 0.29) is 34.2 Å². The Morgan fingerprint density at radius 1 is 0.563 bits per heavy atom. The van der Waals surface area contributed by atoms with Gasteiger partial charge in [0, 0.05) is 88.1 Å². The van der Waals surface area contributed by atoms with E-state index < -0.39 is 14.0 Å². The minimum absolute atomic E-state index is 0.00639. The van der Waals surface area contributed by atoms with Crippen LogP contribution in [0.1, 0.15) is 84.4 Å². The predicted octanol–water partition coefficient (Wildman–Crippen LogP) is 15.4. The SMILES string of the molecule is CC(=O)n1ccc2c(-c3ccc(Cl)s3)ccnc21.CC(=O)n1ccc2c(C)ccnc21.CC1(C)OB(B2OC(C)(C)C(C)(C)O2)OC1(C)C.Clc1ccc(-c2ccnc3[nH]ccc23)s1.Clc1ccc(Br)s1. The number of carbonyl (C=O) groups is 2. The number of thiophene rings is 3. The molecule has 0 spiro atoms. The Balaban J connectivity index is 0.000000134. The maximum Gasteiger partial charge on any atom is 0.488 e. The van der Waals surface area contributed by atoms with E-state index in [1.54, 1.807) is 45.3 Å². The zero-order chi connectivity index (χ0) is 51.6. The van der Waals surface area contributed by atoms with Crippen LogP contribution in [0.2, 0.25) is 13.0 Å². The number of hydrogen-bond acceptors (Lipinski definition) is 12. The van der Waals surface area contributed by atoms with Crippen LogP contribution in [-0.2, 0) is 18.6 Å². The molecule has 2 saturated heterocycles. The van der Waals surface area contributed by atoms with Crippen molar-refractivity contribution in [3.63, 3.8) is 0 Å². The maximum absolute atomic E-state index is 11.5. The van der Waals surface area contributed by atoms with Crippen LogP contribution >= 0.6 is 84.7 Å². The topological polar surface area (TPSA) is 135 Å². The Labute approximate surface area is 449 Å². The summed E-state index contributed by atoms with van der Waals surface area (Å²) in [5, 5.41) is 3.14. The third kappa shape index (κ3) is 12.4. The van der Waals surface area contributed by atoms with Crippen LogP contribution < -0.4 is 0 Å². The minimum atomic E-state index is -0.476. The molecule has 2 aliphatic heterocycles. The lowest BCUT2D eigenvalue weighted by Gasteiger charge is -2.32. The lowest BCUT2D eigenvalue weighted by atomic mass is 9.49. The number of fused-ring (bicyclic) bond motifs is 3. The molecule has 0 aromatic carbocycles. The molecule has 0 aliphatic carbocycles. The van der Waals surface area contributed by atoms with E-state index in [1.807, 2.05) is 148 Å². The van der Waals surface area contributed by atoms with Gasteiger partial charge in [0.25, 0.3) is 0 Å². The Hall–Kier alpha value is -4.17. The fourth-order valence-corrected chi connectivity index (χ4v) is 11.2. The molecule has 11 rings (SSSR count). The standard InChI is InChI=1S/C13H9ClN2OS.C12H24B2O4.C11H7ClN2S.C10H10N2O.C4H2BrClS/c1-8(17)16-7-5-10-9(4-6-15-13(10)16)11-2-3-12(14)18-11;1-9(2)10(3,4)16-13(15-9)14-17-11(5,6)12(7,8)18-14;12-10-2-1-9(15-10)7-3-5-13-11-8(7)4-6-14-11;1-7-3-5-11-10-9(7)4-6-12(10)8(2)13;5-3-1-2-4(6)7-3/h2-7H,1H3;1-8H3;1-6H,(H,13,14);3-6H,1-2H3;1-2H. The van der Waals surface area contributed by atoms with Crippen molar-refractivity contribution in [1.82, 2.24) is 29.1 Å². The number of pyridine rings is 3. The summed E-state index contributed by atoms with van der Waals surface area (Å²) >= 11 is 25.3. The average Bonchev–Trinajstić information content (AvgIpc) is 4.17. The van der Waals surface area contributed by atoms with Gasteiger partial charge in [-0.25, -0.2) is 15.0 Å². The first kappa shape index (κ1) is 54.6. The Kier molecular flexibility index (Phi) is 17.0. The number of H-pyrrole nitrogens is 1. The molecule has 0 amide bonds. The second kappa shape index (κ2) is 22.1. The Morgan fingerprint density at radius 2 is 0.986 bits per heavy atom. The zero-order valence-corrected chi connectivity index (χ0v) is 47.3. The zero-order valence-electron chi connectivity index (χ0n) is 41.0. The molecule has 1 N–H and O–H groups in total. The van der Waals surface area contributed by atoms with Gasteiger partial charge in [-0.05, 0) is 157 Å². The highest BCUT2D eigenvalue weighted by molar-refractivity contribution is 9.11. The summed E-state index contributed by atoms with van der Waals surface area (Å²) in [5.74, 6) is -0.0491. The summed E-state index contributed by atoms with van der Waals surface area (Å²) in [6, 6.07) is 23.3. The van der Waals surface area contributed by atoms with E-state index in [9.17, 15) is 9.59 Å². The highest BCUT2D eigenvalue weighted by Gasteiger charge is 2.63. The largest absolute Gasteiger partial charge is 0.488 e. The second-order valence-electron chi connectivity index (χ2n) is 18.5. The van der Waals surface area contributed by atoms with Crippen LogP contribution in [0.15, 0.2) is 114 Å². The van der Waals surface area contributed by atoms with Gasteiger partial charge < -0.3 is 23.6 Å². The van der Waals surface area contributed by atoms with Crippen molar-refractivity contribution in [2.24, 2.45) is 0 Å². The predicted molar refractivity (Wildman–Crippen MR) is 299 cm³/mol. The van der Waals surface area contributed by atoms with Gasteiger partial charge >= 0.3 is 14.0 Å². The van der Waals surface area contributed by atoms with Gasteiger partial charge in [-0.15, -0.1) is 34.0 Å². The first-order valence-electron chi connectivity index (χ1n) is 22.3. The van der Waals surface area contributed by atoms with Crippen LogP contribution in [0, 0.1) is 6.92 Å². The number of hydrogen-bond donors (Lipinski definition) is 1. The third-order valence-corrected chi connectivity index (χ3v) is 16.8. The number of nitrogens with one attached hydrogen (secondary N) is 1. The van der Waals surface area contributed by atoms with Gasteiger partial charge in [0.15, 0.2) is 0 Å². The molecule has 2 aliphatic rings. The van der Waals surface area contributed by atoms with Crippen molar-refractivity contribution >= 4 is 144 Å². The van der Waals surface area contributed by atoms with E-state index in [2.05, 4.69) is 35.9 Å². The second-order valence-corrected chi connectivity index (χ2v) is 25.0. The average molecular weight is 1140 g/mol. The van der Waals surface area contributed by atoms with E-state index in [4.69, 9.17) is 53.4 Å². The van der Waals surface area contributed by atoms with Gasteiger partial charge in [-0.2, -0.15) is 0 Å². The quantitative estimate of drug-likeness (QED) is 0.172. The summed E-state index contributed by atoms with van der Waals surface area (Å²) in [6.07, 6.45) is 10.6. The molecule has 370 valence electrons. The van der Waals surface area contributed by atoms with Gasteiger partial charge in [0.05, 0.1) is 39.2 Å². The van der Waals surface area contributed by atoms with Crippen LogP contribution in [0.4, 0.5) is 0 Å². The van der Waals surface area contributed by atoms with E-state index in [1.165, 1.54) is 47.0 Å². The molecular weight excluding hydrogens is 1080 g/mol. The lowest BCUT2D eigenvalue weighted by Crippen LogP contribution is -2.41. The number of nitrogens with zero attached hydrogens (tertiary/aromatic N) is 5. The van der Waals surface area contributed by atoms with Gasteiger partial charge in [-0.3, -0.25) is 18.7 Å². The molecule has 12 nitrogen and oxygen atoms in total. The summed E-state index contributed by atoms with van der Waals surface area (Å²) in [7, 11) is -0.952. The van der Waals surface area contributed by atoms with E-state index in [0.29, 0.717) is 5.65 Å². The summed E-state index contributed by atoms with van der Waals surface area (Å²) in [5.41, 5.74) is 4.28. The normalized spacial score (nSPS) is 16.1. The Bertz CT molecular complexity index is 3240. The fourth-order valence-electron chi connectivity index (χ4n) is 7.32. The first-order chi connectivity index (χ1) is 33.4. The fraction of sp³-hybridized carbons (Fsp3) is 0.300. The summed E-state index contributed by atoms with van der Waals surface area (Å²) in [4.78, 5) is 40.7. The van der Waals surface area contributed by atoms with Gasteiger partial charge in [-0.1, -0.05) is 34.8 Å². The highest BCUT2D eigenvalue weighted by atomic mass is 79.9.